The fraction of sp³-hybridized carbons (Fsp3) is 0.545. The Hall–Kier alpha value is -2.40. The first-order valence-corrected chi connectivity index (χ1v) is 12.0. The number of morpholine rings is 1. The maximum atomic E-state index is 12.5. The summed E-state index contributed by atoms with van der Waals surface area (Å²) in [6, 6.07) is 6.15. The number of hydrogen-bond donors (Lipinski definition) is 1. The lowest BCUT2D eigenvalue weighted by Crippen LogP contribution is -2.46. The lowest BCUT2D eigenvalue weighted by atomic mass is 10.1. The number of thiazole rings is 1. The Labute approximate surface area is 191 Å². The fourth-order valence-corrected chi connectivity index (χ4v) is 5.01. The summed E-state index contributed by atoms with van der Waals surface area (Å²) in [6.07, 6.45) is 0. The molecule has 2 aromatic rings. The van der Waals surface area contributed by atoms with Crippen LogP contribution >= 0.6 is 11.3 Å². The minimum Gasteiger partial charge on any atom is -0.454 e. The summed E-state index contributed by atoms with van der Waals surface area (Å²) in [5.74, 6) is 1.56. The van der Waals surface area contributed by atoms with E-state index in [9.17, 15) is 4.79 Å². The molecule has 1 aromatic heterocycles. The van der Waals surface area contributed by atoms with Gasteiger partial charge in [0.05, 0.1) is 13.2 Å². The number of benzene rings is 1. The molecule has 1 aromatic carbocycles. The van der Waals surface area contributed by atoms with Crippen LogP contribution in [0, 0.1) is 0 Å². The molecule has 5 rings (SSSR count). The van der Waals surface area contributed by atoms with E-state index in [1.54, 1.807) is 11.3 Å². The van der Waals surface area contributed by atoms with Crippen LogP contribution in [-0.2, 0) is 11.3 Å². The first-order valence-electron chi connectivity index (χ1n) is 11.1. The highest BCUT2D eigenvalue weighted by atomic mass is 32.1. The predicted molar refractivity (Wildman–Crippen MR) is 122 cm³/mol. The smallest absolute Gasteiger partial charge is 0.270 e. The molecule has 0 saturated carbocycles. The molecule has 0 radical (unpaired) electrons. The zero-order chi connectivity index (χ0) is 21.8. The standard InChI is InChI=1S/C22H29N5O4S/c28-21(23-3-4-25-9-11-29-12-10-25)18-15-32-22(24-18)27-7-5-26(6-8-27)14-17-1-2-19-20(13-17)31-16-30-19/h1-2,13,15H,3-12,14,16H2,(H,23,28). The third-order valence-corrected chi connectivity index (χ3v) is 6.93. The van der Waals surface area contributed by atoms with E-state index in [1.807, 2.05) is 11.4 Å². The summed E-state index contributed by atoms with van der Waals surface area (Å²) >= 11 is 1.54. The van der Waals surface area contributed by atoms with E-state index >= 15 is 0 Å². The number of carbonyl (C=O) groups excluding carboxylic acids is 1. The Morgan fingerprint density at radius 2 is 1.84 bits per heavy atom. The van der Waals surface area contributed by atoms with Gasteiger partial charge in [-0.25, -0.2) is 4.98 Å². The average molecular weight is 460 g/mol. The number of anilines is 1. The first kappa shape index (κ1) is 21.4. The Bertz CT molecular complexity index is 925. The number of carbonyl (C=O) groups is 1. The van der Waals surface area contributed by atoms with Crippen molar-refractivity contribution in [1.82, 2.24) is 20.1 Å². The van der Waals surface area contributed by atoms with Gasteiger partial charge in [-0.2, -0.15) is 0 Å². The summed E-state index contributed by atoms with van der Waals surface area (Å²) in [6.45, 7) is 9.77. The third-order valence-electron chi connectivity index (χ3n) is 6.03. The normalized spacial score (nSPS) is 19.3. The highest BCUT2D eigenvalue weighted by Crippen LogP contribution is 2.33. The van der Waals surface area contributed by atoms with Gasteiger partial charge in [0.25, 0.3) is 5.91 Å². The second-order valence-corrected chi connectivity index (χ2v) is 9.01. The Morgan fingerprint density at radius 3 is 2.69 bits per heavy atom. The van der Waals surface area contributed by atoms with Gasteiger partial charge in [-0.1, -0.05) is 6.07 Å². The largest absolute Gasteiger partial charge is 0.454 e. The molecule has 1 amide bonds. The number of nitrogens with one attached hydrogen (secondary N) is 1. The summed E-state index contributed by atoms with van der Waals surface area (Å²) in [5, 5.41) is 5.77. The molecular formula is C22H29N5O4S. The summed E-state index contributed by atoms with van der Waals surface area (Å²) in [5.41, 5.74) is 1.74. The quantitative estimate of drug-likeness (QED) is 0.663. The second kappa shape index (κ2) is 10.0. The van der Waals surface area contributed by atoms with Crippen molar-refractivity contribution in [2.24, 2.45) is 0 Å². The van der Waals surface area contributed by atoms with E-state index in [1.165, 1.54) is 5.56 Å². The molecule has 4 heterocycles. The minimum absolute atomic E-state index is 0.0952. The third kappa shape index (κ3) is 5.15. The van der Waals surface area contributed by atoms with Crippen molar-refractivity contribution in [3.05, 3.63) is 34.8 Å². The van der Waals surface area contributed by atoms with Gasteiger partial charge in [0.2, 0.25) is 6.79 Å². The van der Waals surface area contributed by atoms with Gasteiger partial charge in [-0.05, 0) is 17.7 Å². The van der Waals surface area contributed by atoms with Gasteiger partial charge in [-0.3, -0.25) is 14.6 Å². The number of rotatable bonds is 7. The Kier molecular flexibility index (Phi) is 6.72. The summed E-state index contributed by atoms with van der Waals surface area (Å²) in [7, 11) is 0. The van der Waals surface area contributed by atoms with Crippen molar-refractivity contribution in [3.8, 4) is 11.5 Å². The Balaban J connectivity index is 1.07. The van der Waals surface area contributed by atoms with Gasteiger partial charge >= 0.3 is 0 Å². The number of piperazine rings is 1. The topological polar surface area (TPSA) is 79.4 Å². The molecular weight excluding hydrogens is 430 g/mol. The lowest BCUT2D eigenvalue weighted by Gasteiger charge is -2.34. The van der Waals surface area contributed by atoms with Crippen molar-refractivity contribution in [2.75, 3.05) is 77.3 Å². The first-order chi connectivity index (χ1) is 15.7. The lowest BCUT2D eigenvalue weighted by molar-refractivity contribution is 0.0383. The molecule has 1 N–H and O–H groups in total. The molecule has 32 heavy (non-hydrogen) atoms. The number of aromatic nitrogens is 1. The maximum Gasteiger partial charge on any atom is 0.270 e. The van der Waals surface area contributed by atoms with Crippen LogP contribution in [-0.4, -0.2) is 93.1 Å². The van der Waals surface area contributed by atoms with Crippen LogP contribution in [0.25, 0.3) is 0 Å². The molecule has 0 spiro atoms. The highest BCUT2D eigenvalue weighted by molar-refractivity contribution is 7.13. The number of hydrogen-bond acceptors (Lipinski definition) is 9. The molecule has 0 aliphatic carbocycles. The second-order valence-electron chi connectivity index (χ2n) is 8.18. The number of nitrogens with zero attached hydrogens (tertiary/aromatic N) is 4. The zero-order valence-corrected chi connectivity index (χ0v) is 18.9. The van der Waals surface area contributed by atoms with Crippen molar-refractivity contribution in [2.45, 2.75) is 6.54 Å². The molecule has 9 nitrogen and oxygen atoms in total. The number of amides is 1. The van der Waals surface area contributed by atoms with Gasteiger partial charge in [-0.15, -0.1) is 11.3 Å². The molecule has 172 valence electrons. The van der Waals surface area contributed by atoms with Crippen molar-refractivity contribution >= 4 is 22.4 Å². The van der Waals surface area contributed by atoms with E-state index in [2.05, 4.69) is 37.1 Å². The van der Waals surface area contributed by atoms with Crippen molar-refractivity contribution < 1.29 is 19.0 Å². The summed E-state index contributed by atoms with van der Waals surface area (Å²) < 4.78 is 16.2. The molecule has 2 saturated heterocycles. The fourth-order valence-electron chi connectivity index (χ4n) is 4.15. The van der Waals surface area contributed by atoms with Crippen LogP contribution in [0.4, 0.5) is 5.13 Å². The Morgan fingerprint density at radius 1 is 1.03 bits per heavy atom. The van der Waals surface area contributed by atoms with Crippen LogP contribution < -0.4 is 19.7 Å². The molecule has 0 atom stereocenters. The van der Waals surface area contributed by atoms with Gasteiger partial charge < -0.3 is 24.4 Å². The van der Waals surface area contributed by atoms with E-state index in [-0.39, 0.29) is 5.91 Å². The van der Waals surface area contributed by atoms with Crippen molar-refractivity contribution in [3.63, 3.8) is 0 Å². The molecule has 0 bridgehead atoms. The molecule has 3 aliphatic heterocycles. The predicted octanol–water partition coefficient (Wildman–Crippen LogP) is 1.26. The van der Waals surface area contributed by atoms with Crippen LogP contribution in [0.2, 0.25) is 0 Å². The van der Waals surface area contributed by atoms with Crippen molar-refractivity contribution in [1.29, 1.82) is 0 Å². The van der Waals surface area contributed by atoms with Crippen LogP contribution in [0.5, 0.6) is 11.5 Å². The molecule has 2 fully saturated rings. The molecule has 0 unspecified atom stereocenters. The molecule has 10 heteroatoms. The minimum atomic E-state index is -0.0952. The number of ether oxygens (including phenoxy) is 3. The van der Waals surface area contributed by atoms with Crippen LogP contribution in [0.3, 0.4) is 0 Å². The van der Waals surface area contributed by atoms with E-state index < -0.39 is 0 Å². The number of fused-ring (bicyclic) bond motifs is 1. The van der Waals surface area contributed by atoms with E-state index in [0.29, 0.717) is 19.0 Å². The zero-order valence-electron chi connectivity index (χ0n) is 18.1. The average Bonchev–Trinajstić information content (AvgIpc) is 3.50. The monoisotopic (exact) mass is 459 g/mol. The highest BCUT2D eigenvalue weighted by Gasteiger charge is 2.22. The van der Waals surface area contributed by atoms with Gasteiger partial charge in [0, 0.05) is 64.3 Å². The van der Waals surface area contributed by atoms with E-state index in [0.717, 1.165) is 82.2 Å². The van der Waals surface area contributed by atoms with E-state index in [4.69, 9.17) is 14.2 Å². The van der Waals surface area contributed by atoms with Crippen LogP contribution in [0.15, 0.2) is 23.6 Å². The van der Waals surface area contributed by atoms with Gasteiger partial charge in [0.15, 0.2) is 16.6 Å². The SMILES string of the molecule is O=C(NCCN1CCOCC1)c1csc(N2CCN(Cc3ccc4c(c3)OCO4)CC2)n1. The molecule has 3 aliphatic rings. The maximum absolute atomic E-state index is 12.5. The summed E-state index contributed by atoms with van der Waals surface area (Å²) in [4.78, 5) is 24.1. The van der Waals surface area contributed by atoms with Crippen LogP contribution in [0.1, 0.15) is 16.1 Å². The van der Waals surface area contributed by atoms with Gasteiger partial charge in [0.1, 0.15) is 5.69 Å².